The molecule has 24 heavy (non-hydrogen) atoms. The summed E-state index contributed by atoms with van der Waals surface area (Å²) in [7, 11) is 0. The van der Waals surface area contributed by atoms with Crippen LogP contribution in [0.3, 0.4) is 0 Å². The van der Waals surface area contributed by atoms with Crippen molar-refractivity contribution in [1.29, 1.82) is 0 Å². The summed E-state index contributed by atoms with van der Waals surface area (Å²) in [5, 5.41) is 12.5. The van der Waals surface area contributed by atoms with E-state index < -0.39 is 0 Å². The molecule has 3 aromatic rings. The van der Waals surface area contributed by atoms with Gasteiger partial charge in [-0.15, -0.1) is 0 Å². The van der Waals surface area contributed by atoms with Crippen molar-refractivity contribution >= 4 is 53.2 Å². The Hall–Kier alpha value is -1.66. The first-order valence-corrected chi connectivity index (χ1v) is 8.48. The number of aromatic amines is 1. The van der Waals surface area contributed by atoms with Gasteiger partial charge in [0.2, 0.25) is 4.77 Å². The Morgan fingerprint density at radius 3 is 2.54 bits per heavy atom. The van der Waals surface area contributed by atoms with E-state index in [4.69, 9.17) is 47.0 Å². The van der Waals surface area contributed by atoms with Crippen LogP contribution in [0.1, 0.15) is 17.0 Å². The third kappa shape index (κ3) is 3.70. The molecule has 1 aromatic heterocycles. The van der Waals surface area contributed by atoms with E-state index in [2.05, 4.69) is 15.3 Å². The molecule has 0 bridgehead atoms. The second kappa shape index (κ2) is 7.49. The highest BCUT2D eigenvalue weighted by Gasteiger charge is 2.09. The van der Waals surface area contributed by atoms with E-state index in [9.17, 15) is 0 Å². The van der Waals surface area contributed by atoms with Crippen LogP contribution in [-0.4, -0.2) is 21.1 Å². The smallest absolute Gasteiger partial charge is 0.216 e. The van der Waals surface area contributed by atoms with Gasteiger partial charge in [0.25, 0.3) is 0 Å². The van der Waals surface area contributed by atoms with E-state index >= 15 is 0 Å². The van der Waals surface area contributed by atoms with Crippen molar-refractivity contribution in [3.8, 4) is 0 Å². The van der Waals surface area contributed by atoms with E-state index in [-0.39, 0.29) is 0 Å². The molecule has 0 aliphatic heterocycles. The molecule has 122 valence electrons. The fraction of sp³-hybridized carbons (Fsp3) is 0.0625. The Labute approximate surface area is 158 Å². The lowest BCUT2D eigenvalue weighted by molar-refractivity contribution is 0.792. The minimum atomic E-state index is 0.340. The Balaban J connectivity index is 1.95. The first kappa shape index (κ1) is 17.2. The maximum atomic E-state index is 6.18. The van der Waals surface area contributed by atoms with Gasteiger partial charge in [-0.1, -0.05) is 65.1 Å². The van der Waals surface area contributed by atoms with Crippen LogP contribution in [0.25, 0.3) is 0 Å². The monoisotopic (exact) mass is 396 g/mol. The second-order valence-corrected chi connectivity index (χ2v) is 6.50. The molecule has 0 amide bonds. The average molecular weight is 398 g/mol. The normalized spacial score (nSPS) is 11.3. The zero-order valence-corrected chi connectivity index (χ0v) is 15.3. The molecule has 3 rings (SSSR count). The van der Waals surface area contributed by atoms with Gasteiger partial charge in [0.15, 0.2) is 5.82 Å². The first-order chi connectivity index (χ1) is 11.6. The topological polar surface area (TPSA) is 46.0 Å². The standard InChI is InChI=1S/C16H11Cl3N4S/c17-12-6-7-13(18)15(19)11(12)9-20-23-14(21-22-16(23)24)8-10-4-2-1-3-5-10/h1-7,9H,8H2,(H,22,24)/b20-9-. The summed E-state index contributed by atoms with van der Waals surface area (Å²) < 4.78 is 1.92. The van der Waals surface area contributed by atoms with Gasteiger partial charge in [0.05, 0.1) is 21.3 Å². The number of H-pyrrole nitrogens is 1. The van der Waals surface area contributed by atoms with Gasteiger partial charge in [-0.3, -0.25) is 5.10 Å². The lowest BCUT2D eigenvalue weighted by atomic mass is 10.1. The van der Waals surface area contributed by atoms with Crippen molar-refractivity contribution in [2.45, 2.75) is 6.42 Å². The zero-order valence-electron chi connectivity index (χ0n) is 12.2. The van der Waals surface area contributed by atoms with Crippen LogP contribution in [0.2, 0.25) is 15.1 Å². The Morgan fingerprint density at radius 1 is 1.08 bits per heavy atom. The number of halogens is 3. The second-order valence-electron chi connectivity index (χ2n) is 4.92. The zero-order chi connectivity index (χ0) is 17.1. The first-order valence-electron chi connectivity index (χ1n) is 6.94. The van der Waals surface area contributed by atoms with Gasteiger partial charge < -0.3 is 0 Å². The van der Waals surface area contributed by atoms with E-state index in [1.165, 1.54) is 10.9 Å². The highest BCUT2D eigenvalue weighted by atomic mass is 35.5. The molecule has 0 saturated heterocycles. The van der Waals surface area contributed by atoms with Crippen molar-refractivity contribution in [1.82, 2.24) is 14.9 Å². The van der Waals surface area contributed by atoms with Crippen molar-refractivity contribution in [3.63, 3.8) is 0 Å². The molecule has 0 aliphatic carbocycles. The molecule has 0 atom stereocenters. The number of rotatable bonds is 4. The fourth-order valence-corrected chi connectivity index (χ4v) is 2.94. The van der Waals surface area contributed by atoms with Crippen LogP contribution in [0.5, 0.6) is 0 Å². The molecule has 8 heteroatoms. The Bertz CT molecular complexity index is 948. The van der Waals surface area contributed by atoms with Crippen LogP contribution in [0.4, 0.5) is 0 Å². The summed E-state index contributed by atoms with van der Waals surface area (Å²) in [5.41, 5.74) is 1.63. The Morgan fingerprint density at radius 2 is 1.79 bits per heavy atom. The molecule has 4 nitrogen and oxygen atoms in total. The summed E-state index contributed by atoms with van der Waals surface area (Å²) in [6.45, 7) is 0. The molecular formula is C16H11Cl3N4S. The van der Waals surface area contributed by atoms with Crippen molar-refractivity contribution in [2.24, 2.45) is 5.10 Å². The van der Waals surface area contributed by atoms with Gasteiger partial charge in [-0.2, -0.15) is 14.9 Å². The molecule has 2 aromatic carbocycles. The Kier molecular flexibility index (Phi) is 5.36. The summed E-state index contributed by atoms with van der Waals surface area (Å²) in [4.78, 5) is 0. The summed E-state index contributed by atoms with van der Waals surface area (Å²) >= 11 is 23.6. The third-order valence-electron chi connectivity index (χ3n) is 3.30. The van der Waals surface area contributed by atoms with Crippen molar-refractivity contribution in [3.05, 3.63) is 79.3 Å². The molecule has 1 N–H and O–H groups in total. The van der Waals surface area contributed by atoms with E-state index in [0.29, 0.717) is 37.6 Å². The maximum Gasteiger partial charge on any atom is 0.216 e. The number of nitrogens with zero attached hydrogens (tertiary/aromatic N) is 3. The average Bonchev–Trinajstić information content (AvgIpc) is 2.92. The summed E-state index contributed by atoms with van der Waals surface area (Å²) in [6, 6.07) is 13.2. The van der Waals surface area contributed by atoms with Crippen LogP contribution in [-0.2, 0) is 6.42 Å². The van der Waals surface area contributed by atoms with Crippen LogP contribution in [0, 0.1) is 4.77 Å². The molecule has 0 radical (unpaired) electrons. The minimum absolute atomic E-state index is 0.340. The molecule has 0 aliphatic rings. The number of benzene rings is 2. The van der Waals surface area contributed by atoms with Gasteiger partial charge in [-0.05, 0) is 29.9 Å². The van der Waals surface area contributed by atoms with E-state index in [1.807, 2.05) is 30.3 Å². The van der Waals surface area contributed by atoms with Gasteiger partial charge in [0.1, 0.15) is 0 Å². The molecule has 0 unspecified atom stereocenters. The maximum absolute atomic E-state index is 6.18. The van der Waals surface area contributed by atoms with Gasteiger partial charge in [0, 0.05) is 12.0 Å². The molecule has 0 saturated carbocycles. The molecule has 0 fully saturated rings. The summed E-state index contributed by atoms with van der Waals surface area (Å²) in [5.74, 6) is 0.678. The van der Waals surface area contributed by atoms with Crippen molar-refractivity contribution in [2.75, 3.05) is 0 Å². The van der Waals surface area contributed by atoms with Gasteiger partial charge in [-0.25, -0.2) is 0 Å². The lowest BCUT2D eigenvalue weighted by Crippen LogP contribution is -2.00. The molecule has 1 heterocycles. The number of nitrogens with one attached hydrogen (secondary N) is 1. The van der Waals surface area contributed by atoms with Crippen molar-refractivity contribution < 1.29 is 0 Å². The largest absolute Gasteiger partial charge is 0.250 e. The van der Waals surface area contributed by atoms with Crippen LogP contribution < -0.4 is 0 Å². The molecule has 0 spiro atoms. The quantitative estimate of drug-likeness (QED) is 0.365. The molecular weight excluding hydrogens is 387 g/mol. The number of aromatic nitrogens is 3. The number of hydrogen-bond donors (Lipinski definition) is 1. The highest BCUT2D eigenvalue weighted by molar-refractivity contribution is 7.71. The lowest BCUT2D eigenvalue weighted by Gasteiger charge is -2.04. The minimum Gasteiger partial charge on any atom is -0.250 e. The predicted molar refractivity (Wildman–Crippen MR) is 101 cm³/mol. The fourth-order valence-electron chi connectivity index (χ4n) is 2.11. The SMILES string of the molecule is S=c1[nH]nc(Cc2ccccc2)n1/N=C\c1c(Cl)ccc(Cl)c1Cl. The van der Waals surface area contributed by atoms with Crippen LogP contribution in [0.15, 0.2) is 47.6 Å². The third-order valence-corrected chi connectivity index (χ3v) is 4.72. The predicted octanol–water partition coefficient (Wildman–Crippen LogP) is 5.37. The van der Waals surface area contributed by atoms with E-state index in [0.717, 1.165) is 5.56 Å². The van der Waals surface area contributed by atoms with Crippen LogP contribution >= 0.6 is 47.0 Å². The van der Waals surface area contributed by atoms with Gasteiger partial charge >= 0.3 is 0 Å². The summed E-state index contributed by atoms with van der Waals surface area (Å²) in [6.07, 6.45) is 2.11. The number of hydrogen-bond acceptors (Lipinski definition) is 3. The van der Waals surface area contributed by atoms with E-state index in [1.54, 1.807) is 12.1 Å². The highest BCUT2D eigenvalue weighted by Crippen LogP contribution is 2.30.